The Bertz CT molecular complexity index is 2810. The molecule has 0 atom stereocenters. The molecule has 0 aliphatic rings. The molecule has 0 saturated heterocycles. The van der Waals surface area contributed by atoms with Gasteiger partial charge in [0, 0.05) is 11.1 Å². The van der Waals surface area contributed by atoms with Crippen LogP contribution in [0.1, 0.15) is 93.3 Å². The van der Waals surface area contributed by atoms with E-state index in [2.05, 4.69) is 159 Å². The van der Waals surface area contributed by atoms with Crippen LogP contribution in [0.5, 0.6) is 0 Å². The van der Waals surface area contributed by atoms with E-state index in [1.54, 1.807) is 0 Å². The van der Waals surface area contributed by atoms with Gasteiger partial charge in [-0.2, -0.15) is 13.8 Å². The van der Waals surface area contributed by atoms with Crippen molar-refractivity contribution in [2.24, 2.45) is 0 Å². The van der Waals surface area contributed by atoms with Crippen molar-refractivity contribution in [1.82, 2.24) is 58.1 Å². The second kappa shape index (κ2) is 33.2. The molecule has 2 aromatic carbocycles. The molecule has 8 aromatic rings. The first-order valence-electron chi connectivity index (χ1n) is 23.0. The fourth-order valence-corrected chi connectivity index (χ4v) is 7.23. The van der Waals surface area contributed by atoms with Crippen molar-refractivity contribution in [3.05, 3.63) is 210 Å². The van der Waals surface area contributed by atoms with Crippen molar-refractivity contribution in [3.8, 4) is 23.7 Å². The first kappa shape index (κ1) is 73.8. The molecule has 0 fully saturated rings. The van der Waals surface area contributed by atoms with Crippen molar-refractivity contribution in [1.29, 1.82) is 0 Å². The SMILES string of the molecule is CC#Cc1ccccc1.CC#Cc1ccccc1.Cc1cc(C)n([B-](n2nc(C)cc2C)n2nc(C)cc2C)n1.Cc1cc(C)n([B-](n2nc(C)cc2C)n2nc(C)cc2C)n1.F[P-](F)(F)(F)(F)F.[C-]#[O+].[C-]#[O+].[CH2-][CH+][CH2-].[W+2].[W+2]. The van der Waals surface area contributed by atoms with E-state index in [4.69, 9.17) is 9.30 Å². The van der Waals surface area contributed by atoms with Crippen LogP contribution in [0.25, 0.3) is 0 Å². The molecular weight excluding hydrogens is 1370 g/mol. The molecule has 2 radical (unpaired) electrons. The number of hydrogen-bond acceptors (Lipinski definition) is 6. The van der Waals surface area contributed by atoms with Crippen LogP contribution in [0, 0.1) is 140 Å². The van der Waals surface area contributed by atoms with Crippen LogP contribution in [0.4, 0.5) is 25.2 Å². The molecule has 412 valence electrons. The fourth-order valence-electron chi connectivity index (χ4n) is 7.23. The van der Waals surface area contributed by atoms with Gasteiger partial charge >= 0.3 is 97.7 Å². The van der Waals surface area contributed by atoms with Crippen molar-refractivity contribution in [2.75, 3.05) is 0 Å². The molecule has 14 nitrogen and oxygen atoms in total. The van der Waals surface area contributed by atoms with Gasteiger partial charge in [0.2, 0.25) is 0 Å². The summed E-state index contributed by atoms with van der Waals surface area (Å²) < 4.78 is 86.1. The zero-order valence-electron chi connectivity index (χ0n) is 46.1. The second-order valence-electron chi connectivity index (χ2n) is 16.7. The normalized spacial score (nSPS) is 10.6. The van der Waals surface area contributed by atoms with Gasteiger partial charge in [0.15, 0.2) is 0 Å². The summed E-state index contributed by atoms with van der Waals surface area (Å²) >= 11 is 0. The van der Waals surface area contributed by atoms with Gasteiger partial charge in [-0.3, -0.25) is 0 Å². The number of aromatic nitrogens is 12. The maximum absolute atomic E-state index is 10.7. The van der Waals surface area contributed by atoms with E-state index >= 15 is 0 Å². The third kappa shape index (κ3) is 26.4. The third-order valence-corrected chi connectivity index (χ3v) is 9.67. The van der Waals surface area contributed by atoms with E-state index in [-0.39, 0.29) is 56.4 Å². The molecule has 8 rings (SSSR count). The monoisotopic (exact) mass is 1430 g/mol. The van der Waals surface area contributed by atoms with E-state index in [0.717, 1.165) is 79.5 Å². The first-order chi connectivity index (χ1) is 35.5. The van der Waals surface area contributed by atoms with E-state index < -0.39 is 7.81 Å². The molecule has 0 amide bonds. The summed E-state index contributed by atoms with van der Waals surface area (Å²) in [5.41, 5.74) is 14.6. The first-order valence-corrected chi connectivity index (χ1v) is 25.0. The fraction of sp³-hybridized carbons (Fsp3) is 0.264. The molecule has 0 bridgehead atoms. The van der Waals surface area contributed by atoms with E-state index in [1.807, 2.05) is 144 Å². The largest absolute Gasteiger partial charge is 2.00 e. The number of nitrogens with zero attached hydrogens (tertiary/aromatic N) is 12. The van der Waals surface area contributed by atoms with Crippen molar-refractivity contribution < 1.29 is 76.6 Å². The Balaban J connectivity index is 0. The molecule has 0 unspecified atom stereocenters. The zero-order chi connectivity index (χ0) is 58.2. The van der Waals surface area contributed by atoms with Crippen LogP contribution in [0.3, 0.4) is 0 Å². The van der Waals surface area contributed by atoms with Crippen LogP contribution in [0.2, 0.25) is 0 Å². The Morgan fingerprint density at radius 1 is 0.410 bits per heavy atom. The van der Waals surface area contributed by atoms with Gasteiger partial charge in [-0.05, 0) is 192 Å². The van der Waals surface area contributed by atoms with Gasteiger partial charge in [0.25, 0.3) is 14.2 Å². The molecule has 0 saturated carbocycles. The maximum atomic E-state index is 9.87. The standard InChI is InChI=1S/2C15H21BN6.2C9H8.C3H5.2CO.F6P.2W/c2*1-10-7-13(4)20(17-10)16(21-14(5)8-11(2)18-21)22-15(6)9-12(3)19-22;2*1-2-6-9-7-4-3-5-8-9;1-3-2;2*1-2;1-7(2,3,4,5)6;;/h2*7-9H,1-6H3;2*3-5,7-8H,1H3;3H,1-2H2;;;;;/q2*-1;;;-1;;;-1;2*+2. The average Bonchev–Trinajstić information content (AvgIpc) is 4.18. The van der Waals surface area contributed by atoms with Crippen molar-refractivity contribution in [3.63, 3.8) is 0 Å². The average molecular weight is 1430 g/mol. The topological polar surface area (TPSA) is 147 Å². The number of halogens is 6. The van der Waals surface area contributed by atoms with Gasteiger partial charge in [-0.15, -0.1) is 11.8 Å². The third-order valence-electron chi connectivity index (χ3n) is 9.67. The van der Waals surface area contributed by atoms with Crippen LogP contribution in [-0.2, 0) is 51.4 Å². The van der Waals surface area contributed by atoms with Gasteiger partial charge in [-0.25, -0.2) is 37.0 Å². The summed E-state index contributed by atoms with van der Waals surface area (Å²) in [4.78, 5) is 0. The van der Waals surface area contributed by atoms with E-state index in [0.29, 0.717) is 0 Å². The van der Waals surface area contributed by atoms with Gasteiger partial charge in [0.05, 0.1) is 34.2 Å². The summed E-state index contributed by atoms with van der Waals surface area (Å²) in [5, 5.41) is 28.0. The number of aryl methyl sites for hydroxylation is 12. The summed E-state index contributed by atoms with van der Waals surface area (Å²) in [6, 6.07) is 32.3. The predicted molar refractivity (Wildman–Crippen MR) is 289 cm³/mol. The van der Waals surface area contributed by atoms with Crippen LogP contribution < -0.4 is 0 Å². The second-order valence-corrected chi connectivity index (χ2v) is 18.6. The van der Waals surface area contributed by atoms with Gasteiger partial charge in [0.1, 0.15) is 0 Å². The minimum atomic E-state index is -10.7. The molecular formula is C53H63B2F6N12O2PW2. The smallest absolute Gasteiger partial charge is 0.233 e. The van der Waals surface area contributed by atoms with Gasteiger partial charge < -0.3 is 27.6 Å². The maximum Gasteiger partial charge on any atom is 2.00 e. The number of hydrogen-bond donors (Lipinski definition) is 0. The molecule has 6 heterocycles. The van der Waals surface area contributed by atoms with Gasteiger partial charge in [-0.1, -0.05) is 48.2 Å². The predicted octanol–water partition coefficient (Wildman–Crippen LogP) is 12.4. The zero-order valence-corrected chi connectivity index (χ0v) is 52.9. The van der Waals surface area contributed by atoms with Crippen molar-refractivity contribution >= 4 is 22.0 Å². The Morgan fingerprint density at radius 3 is 0.679 bits per heavy atom. The van der Waals surface area contributed by atoms with E-state index in [9.17, 15) is 25.2 Å². The Kier molecular flexibility index (Phi) is 31.4. The van der Waals surface area contributed by atoms with Crippen LogP contribution >= 0.6 is 7.81 Å². The molecule has 25 heteroatoms. The summed E-state index contributed by atoms with van der Waals surface area (Å²) in [7, 11) is -11.1. The number of rotatable bonds is 6. The molecule has 0 spiro atoms. The molecule has 0 aliphatic heterocycles. The number of benzene rings is 2. The summed E-state index contributed by atoms with van der Waals surface area (Å²) in [6.45, 7) is 43.6. The minimum Gasteiger partial charge on any atom is -0.233 e. The van der Waals surface area contributed by atoms with Crippen LogP contribution in [0.15, 0.2) is 97.1 Å². The van der Waals surface area contributed by atoms with Crippen molar-refractivity contribution in [2.45, 2.75) is 96.9 Å². The Hall–Kier alpha value is -6.31. The Labute approximate surface area is 484 Å². The molecule has 78 heavy (non-hydrogen) atoms. The van der Waals surface area contributed by atoms with E-state index in [1.165, 1.54) is 6.42 Å². The summed E-state index contributed by atoms with van der Waals surface area (Å²) in [5.74, 6) is 11.6. The van der Waals surface area contributed by atoms with Crippen LogP contribution in [-0.4, -0.2) is 72.4 Å². The quantitative estimate of drug-likeness (QED) is 0.0404. The summed E-state index contributed by atoms with van der Waals surface area (Å²) in [6.07, 6.45) is 1.50. The molecule has 0 N–H and O–H groups in total. The minimum absolute atomic E-state index is 0. The Morgan fingerprint density at radius 2 is 0.564 bits per heavy atom. The molecule has 6 aromatic heterocycles. The molecule has 0 aliphatic carbocycles.